The number of hydrogen-bond donors (Lipinski definition) is 2. The van der Waals surface area contributed by atoms with E-state index >= 15 is 0 Å². The zero-order chi connectivity index (χ0) is 22.9. The highest BCUT2D eigenvalue weighted by atomic mass is 32.2. The number of ether oxygens (including phenoxy) is 1. The number of benzene rings is 2. The molecule has 33 heavy (non-hydrogen) atoms. The fourth-order valence-corrected chi connectivity index (χ4v) is 4.45. The van der Waals surface area contributed by atoms with Gasteiger partial charge in [0.25, 0.3) is 0 Å². The topological polar surface area (TPSA) is 116 Å². The molecule has 3 aromatic heterocycles. The van der Waals surface area contributed by atoms with Crippen LogP contribution in [-0.4, -0.2) is 36.7 Å². The molecule has 0 saturated carbocycles. The Bertz CT molecular complexity index is 1480. The summed E-state index contributed by atoms with van der Waals surface area (Å²) in [4.78, 5) is 13.1. The van der Waals surface area contributed by atoms with Crippen LogP contribution in [0.15, 0.2) is 53.7 Å². The quantitative estimate of drug-likeness (QED) is 0.359. The number of pyridine rings is 1. The summed E-state index contributed by atoms with van der Waals surface area (Å²) in [5, 5.41) is 13.8. The highest BCUT2D eigenvalue weighted by Crippen LogP contribution is 2.29. The number of nitrogens with two attached hydrogens (primary N) is 1. The number of nitrogens with one attached hydrogen (secondary N) is 1. The van der Waals surface area contributed by atoms with Gasteiger partial charge in [-0.3, -0.25) is 4.40 Å². The monoisotopic (exact) mass is 458 g/mol. The summed E-state index contributed by atoms with van der Waals surface area (Å²) >= 11 is 1.48. The van der Waals surface area contributed by atoms with Crippen LogP contribution in [0.1, 0.15) is 17.0 Å². The standard InChI is InChI=1S/C23H22N8OS/c1-13-6-4-5-7-17(13)25-22-27-19(26-21(24)28-22)12-33-23-30-29-20-10-14(2)16-9-8-15(32-3)11-18(16)31(20)23/h4-11H,12H2,1-3H3,(H3,24,25,26,27,28). The van der Waals surface area contributed by atoms with E-state index in [-0.39, 0.29) is 5.95 Å². The van der Waals surface area contributed by atoms with Crippen LogP contribution >= 0.6 is 11.8 Å². The molecule has 0 fully saturated rings. The van der Waals surface area contributed by atoms with Gasteiger partial charge in [0, 0.05) is 17.1 Å². The van der Waals surface area contributed by atoms with Crippen molar-refractivity contribution in [2.75, 3.05) is 18.2 Å². The average molecular weight is 459 g/mol. The van der Waals surface area contributed by atoms with Crippen molar-refractivity contribution < 1.29 is 4.74 Å². The molecule has 0 aliphatic heterocycles. The molecule has 0 spiro atoms. The molecule has 2 aromatic carbocycles. The minimum absolute atomic E-state index is 0.161. The number of aromatic nitrogens is 6. The van der Waals surface area contributed by atoms with Crippen LogP contribution in [-0.2, 0) is 5.75 Å². The molecular formula is C23H22N8OS. The molecule has 5 rings (SSSR count). The van der Waals surface area contributed by atoms with E-state index < -0.39 is 0 Å². The van der Waals surface area contributed by atoms with E-state index in [2.05, 4.69) is 37.4 Å². The molecule has 0 radical (unpaired) electrons. The van der Waals surface area contributed by atoms with Crippen LogP contribution in [0.25, 0.3) is 16.6 Å². The van der Waals surface area contributed by atoms with Crippen molar-refractivity contribution in [1.29, 1.82) is 0 Å². The molecule has 10 heteroatoms. The second kappa shape index (κ2) is 8.55. The third-order valence-corrected chi connectivity index (χ3v) is 6.22. The molecule has 9 nitrogen and oxygen atoms in total. The van der Waals surface area contributed by atoms with Crippen LogP contribution in [0.5, 0.6) is 5.75 Å². The number of anilines is 3. The Labute approximate surface area is 194 Å². The Morgan fingerprint density at radius 1 is 1.00 bits per heavy atom. The minimum Gasteiger partial charge on any atom is -0.497 e. The Balaban J connectivity index is 1.46. The summed E-state index contributed by atoms with van der Waals surface area (Å²) < 4.78 is 7.45. The number of rotatable bonds is 6. The number of fused-ring (bicyclic) bond motifs is 3. The van der Waals surface area contributed by atoms with Gasteiger partial charge in [0.15, 0.2) is 10.8 Å². The molecule has 0 aliphatic rings. The molecule has 3 N–H and O–H groups in total. The van der Waals surface area contributed by atoms with Gasteiger partial charge in [0.2, 0.25) is 11.9 Å². The fraction of sp³-hybridized carbons (Fsp3) is 0.174. The van der Waals surface area contributed by atoms with Gasteiger partial charge >= 0.3 is 0 Å². The molecule has 0 atom stereocenters. The van der Waals surface area contributed by atoms with Crippen molar-refractivity contribution >= 4 is 45.9 Å². The first-order valence-corrected chi connectivity index (χ1v) is 11.3. The molecule has 3 heterocycles. The van der Waals surface area contributed by atoms with Gasteiger partial charge in [0.05, 0.1) is 18.4 Å². The summed E-state index contributed by atoms with van der Waals surface area (Å²) in [6, 6.07) is 15.9. The largest absolute Gasteiger partial charge is 0.497 e. The number of hydrogen-bond acceptors (Lipinski definition) is 9. The average Bonchev–Trinajstić information content (AvgIpc) is 3.21. The summed E-state index contributed by atoms with van der Waals surface area (Å²) in [5.41, 5.74) is 10.8. The van der Waals surface area contributed by atoms with Gasteiger partial charge < -0.3 is 15.8 Å². The molecule has 5 aromatic rings. The number of nitrogens with zero attached hydrogens (tertiary/aromatic N) is 6. The van der Waals surface area contributed by atoms with Crippen LogP contribution in [0, 0.1) is 13.8 Å². The van der Waals surface area contributed by atoms with E-state index in [0.29, 0.717) is 17.5 Å². The highest BCUT2D eigenvalue weighted by Gasteiger charge is 2.14. The van der Waals surface area contributed by atoms with Crippen LogP contribution < -0.4 is 15.8 Å². The predicted octanol–water partition coefficient (Wildman–Crippen LogP) is 4.31. The zero-order valence-electron chi connectivity index (χ0n) is 18.4. The van der Waals surface area contributed by atoms with Crippen LogP contribution in [0.2, 0.25) is 0 Å². The van der Waals surface area contributed by atoms with Gasteiger partial charge in [0.1, 0.15) is 11.6 Å². The smallest absolute Gasteiger partial charge is 0.232 e. The van der Waals surface area contributed by atoms with E-state index in [0.717, 1.165) is 44.3 Å². The Morgan fingerprint density at radius 3 is 2.67 bits per heavy atom. The fourth-order valence-electron chi connectivity index (χ4n) is 3.64. The molecule has 0 amide bonds. The number of nitrogen functional groups attached to an aromatic ring is 1. The van der Waals surface area contributed by atoms with E-state index in [4.69, 9.17) is 10.5 Å². The van der Waals surface area contributed by atoms with Crippen molar-refractivity contribution in [1.82, 2.24) is 29.5 Å². The lowest BCUT2D eigenvalue weighted by molar-refractivity contribution is 0.415. The number of para-hydroxylation sites is 1. The van der Waals surface area contributed by atoms with Crippen molar-refractivity contribution in [2.24, 2.45) is 0 Å². The Kier molecular flexibility index (Phi) is 5.43. The molecule has 0 bridgehead atoms. The van der Waals surface area contributed by atoms with E-state index in [9.17, 15) is 0 Å². The lowest BCUT2D eigenvalue weighted by atomic mass is 10.1. The van der Waals surface area contributed by atoms with Gasteiger partial charge in [-0.15, -0.1) is 10.2 Å². The van der Waals surface area contributed by atoms with Crippen LogP contribution in [0.3, 0.4) is 0 Å². The van der Waals surface area contributed by atoms with E-state index in [1.165, 1.54) is 11.8 Å². The molecule has 0 unspecified atom stereocenters. The highest BCUT2D eigenvalue weighted by molar-refractivity contribution is 7.98. The van der Waals surface area contributed by atoms with E-state index in [1.54, 1.807) is 7.11 Å². The number of thioether (sulfide) groups is 1. The number of methoxy groups -OCH3 is 1. The molecule has 0 aliphatic carbocycles. The summed E-state index contributed by atoms with van der Waals surface area (Å²) in [6.07, 6.45) is 0. The number of aryl methyl sites for hydroxylation is 2. The molecular weight excluding hydrogens is 436 g/mol. The zero-order valence-corrected chi connectivity index (χ0v) is 19.2. The second-order valence-electron chi connectivity index (χ2n) is 7.55. The molecule has 166 valence electrons. The maximum Gasteiger partial charge on any atom is 0.232 e. The van der Waals surface area contributed by atoms with Gasteiger partial charge in [-0.2, -0.15) is 15.0 Å². The van der Waals surface area contributed by atoms with Gasteiger partial charge in [-0.05, 0) is 49.2 Å². The van der Waals surface area contributed by atoms with Crippen molar-refractivity contribution in [2.45, 2.75) is 24.8 Å². The van der Waals surface area contributed by atoms with E-state index in [1.807, 2.05) is 59.9 Å². The maximum absolute atomic E-state index is 5.96. The SMILES string of the molecule is COc1ccc2c(C)cc3nnc(SCc4nc(N)nc(Nc5ccccc5C)n4)n3c2c1. The minimum atomic E-state index is 0.161. The second-order valence-corrected chi connectivity index (χ2v) is 8.49. The summed E-state index contributed by atoms with van der Waals surface area (Å²) in [5.74, 6) is 2.35. The summed E-state index contributed by atoms with van der Waals surface area (Å²) in [7, 11) is 1.66. The lowest BCUT2D eigenvalue weighted by Crippen LogP contribution is -2.07. The van der Waals surface area contributed by atoms with Crippen molar-refractivity contribution in [3.63, 3.8) is 0 Å². The maximum atomic E-state index is 5.96. The first-order valence-electron chi connectivity index (χ1n) is 10.3. The van der Waals surface area contributed by atoms with Crippen molar-refractivity contribution in [3.8, 4) is 5.75 Å². The first-order chi connectivity index (χ1) is 16.0. The Hall–Kier alpha value is -3.92. The Morgan fingerprint density at radius 2 is 1.85 bits per heavy atom. The van der Waals surface area contributed by atoms with Gasteiger partial charge in [-0.25, -0.2) is 0 Å². The third-order valence-electron chi connectivity index (χ3n) is 5.30. The molecule has 0 saturated heterocycles. The third kappa shape index (κ3) is 4.12. The lowest BCUT2D eigenvalue weighted by Gasteiger charge is -2.10. The van der Waals surface area contributed by atoms with Crippen molar-refractivity contribution in [3.05, 3.63) is 65.5 Å². The first kappa shape index (κ1) is 21.0. The summed E-state index contributed by atoms with van der Waals surface area (Å²) in [6.45, 7) is 4.08. The van der Waals surface area contributed by atoms with Gasteiger partial charge in [-0.1, -0.05) is 30.0 Å². The van der Waals surface area contributed by atoms with Crippen LogP contribution in [0.4, 0.5) is 17.6 Å². The predicted molar refractivity (Wildman–Crippen MR) is 130 cm³/mol. The normalized spacial score (nSPS) is 11.2.